The normalized spacial score (nSPS) is 34.8. The van der Waals surface area contributed by atoms with Crippen LogP contribution in [-0.4, -0.2) is 46.1 Å². The van der Waals surface area contributed by atoms with Gasteiger partial charge in [-0.15, -0.1) is 0 Å². The van der Waals surface area contributed by atoms with E-state index in [0.717, 1.165) is 31.6 Å². The zero-order chi connectivity index (χ0) is 13.3. The predicted octanol–water partition coefficient (Wildman–Crippen LogP) is 2.14. The Morgan fingerprint density at radius 2 is 2.06 bits per heavy atom. The lowest BCUT2D eigenvalue weighted by Crippen LogP contribution is -2.54. The Balaban J connectivity index is 2.16. The largest absolute Gasteiger partial charge is 0.393 e. The minimum absolute atomic E-state index is 0.204. The number of hydrogen-bond acceptors (Lipinski definition) is 3. The van der Waals surface area contributed by atoms with Gasteiger partial charge >= 0.3 is 0 Å². The first-order chi connectivity index (χ1) is 8.39. The Morgan fingerprint density at radius 1 is 1.33 bits per heavy atom. The molecule has 1 N–H and O–H groups in total. The average Bonchev–Trinajstić information content (AvgIpc) is 2.27. The van der Waals surface area contributed by atoms with Gasteiger partial charge in [-0.1, -0.05) is 20.8 Å². The first kappa shape index (κ1) is 14.2. The summed E-state index contributed by atoms with van der Waals surface area (Å²) in [5.41, 5.74) is 0.204. The van der Waals surface area contributed by atoms with Gasteiger partial charge in [-0.25, -0.2) is 0 Å². The summed E-state index contributed by atoms with van der Waals surface area (Å²) in [5.74, 6) is 2.42. The van der Waals surface area contributed by atoms with E-state index in [1.807, 2.05) is 0 Å². The van der Waals surface area contributed by atoms with E-state index in [2.05, 4.69) is 25.7 Å². The van der Waals surface area contributed by atoms with Crippen LogP contribution in [0.25, 0.3) is 0 Å². The van der Waals surface area contributed by atoms with Gasteiger partial charge in [0.1, 0.15) is 0 Å². The third-order valence-corrected chi connectivity index (χ3v) is 5.25. The van der Waals surface area contributed by atoms with Crippen molar-refractivity contribution in [2.45, 2.75) is 52.2 Å². The van der Waals surface area contributed by atoms with Crippen molar-refractivity contribution in [2.24, 2.45) is 11.3 Å². The molecule has 1 aliphatic carbocycles. The van der Waals surface area contributed by atoms with Crippen molar-refractivity contribution in [2.75, 3.05) is 18.1 Å². The van der Waals surface area contributed by atoms with Crippen molar-refractivity contribution >= 4 is 17.7 Å². The van der Waals surface area contributed by atoms with Crippen molar-refractivity contribution in [1.82, 2.24) is 4.90 Å². The molecule has 1 saturated heterocycles. The standard InChI is InChI=1S/C14H25NO2S/c1-14(2,3)11-5-4-10(16)8-12(11)15-6-7-18-9-13(15)17/h10-12,16H,4-9H2,1-3H3. The minimum atomic E-state index is -0.226. The van der Waals surface area contributed by atoms with Crippen LogP contribution in [0.3, 0.4) is 0 Å². The predicted molar refractivity (Wildman–Crippen MR) is 75.6 cm³/mol. The van der Waals surface area contributed by atoms with Crippen LogP contribution in [0.2, 0.25) is 0 Å². The molecule has 3 unspecified atom stereocenters. The van der Waals surface area contributed by atoms with Crippen molar-refractivity contribution in [3.8, 4) is 0 Å². The number of carbonyl (C=O) groups is 1. The second-order valence-corrected chi connectivity index (χ2v) is 7.75. The minimum Gasteiger partial charge on any atom is -0.393 e. The molecule has 0 aromatic carbocycles. The Morgan fingerprint density at radius 3 is 2.67 bits per heavy atom. The van der Waals surface area contributed by atoms with Crippen molar-refractivity contribution < 1.29 is 9.90 Å². The van der Waals surface area contributed by atoms with Gasteiger partial charge in [0, 0.05) is 18.3 Å². The molecule has 1 aliphatic heterocycles. The fraction of sp³-hybridized carbons (Fsp3) is 0.929. The number of aliphatic hydroxyl groups excluding tert-OH is 1. The number of hydrogen-bond donors (Lipinski definition) is 1. The van der Waals surface area contributed by atoms with Gasteiger partial charge in [0.15, 0.2) is 0 Å². The molecular weight excluding hydrogens is 246 g/mol. The summed E-state index contributed by atoms with van der Waals surface area (Å²) < 4.78 is 0. The van der Waals surface area contributed by atoms with Gasteiger partial charge in [0.05, 0.1) is 11.9 Å². The highest BCUT2D eigenvalue weighted by Gasteiger charge is 2.41. The molecule has 18 heavy (non-hydrogen) atoms. The number of rotatable bonds is 1. The lowest BCUT2D eigenvalue weighted by molar-refractivity contribution is -0.135. The van der Waals surface area contributed by atoms with Crippen LogP contribution in [0, 0.1) is 11.3 Å². The van der Waals surface area contributed by atoms with Crippen LogP contribution in [0.4, 0.5) is 0 Å². The lowest BCUT2D eigenvalue weighted by atomic mass is 9.68. The highest BCUT2D eigenvalue weighted by atomic mass is 32.2. The Bertz CT molecular complexity index is 313. The average molecular weight is 271 g/mol. The summed E-state index contributed by atoms with van der Waals surface area (Å²) in [6, 6.07) is 0.238. The molecule has 3 nitrogen and oxygen atoms in total. The van der Waals surface area contributed by atoms with Gasteiger partial charge in [0.25, 0.3) is 0 Å². The molecule has 3 atom stereocenters. The quantitative estimate of drug-likeness (QED) is 0.794. The van der Waals surface area contributed by atoms with Crippen LogP contribution in [0.15, 0.2) is 0 Å². The molecule has 0 spiro atoms. The molecule has 1 saturated carbocycles. The number of amides is 1. The molecular formula is C14H25NO2S. The highest BCUT2D eigenvalue weighted by Crippen LogP contribution is 2.41. The molecule has 1 heterocycles. The Hall–Kier alpha value is -0.220. The summed E-state index contributed by atoms with van der Waals surface area (Å²) in [6.07, 6.45) is 2.45. The van der Waals surface area contributed by atoms with Crippen LogP contribution in [0.1, 0.15) is 40.0 Å². The fourth-order valence-electron chi connectivity index (χ4n) is 3.36. The Labute approximate surface area is 114 Å². The van der Waals surface area contributed by atoms with Gasteiger partial charge in [-0.05, 0) is 30.6 Å². The van der Waals surface area contributed by atoms with Crippen LogP contribution >= 0.6 is 11.8 Å². The summed E-state index contributed by atoms with van der Waals surface area (Å²) in [4.78, 5) is 14.1. The van der Waals surface area contributed by atoms with Gasteiger partial charge in [-0.2, -0.15) is 11.8 Å². The summed E-state index contributed by atoms with van der Waals surface area (Å²) in [7, 11) is 0. The zero-order valence-electron chi connectivity index (χ0n) is 11.7. The van der Waals surface area contributed by atoms with Crippen molar-refractivity contribution in [3.05, 3.63) is 0 Å². The maximum absolute atomic E-state index is 12.1. The van der Waals surface area contributed by atoms with E-state index in [0.29, 0.717) is 11.7 Å². The molecule has 0 aromatic rings. The smallest absolute Gasteiger partial charge is 0.232 e. The molecule has 4 heteroatoms. The number of aliphatic hydroxyl groups is 1. The first-order valence-corrected chi connectivity index (χ1v) is 8.10. The van der Waals surface area contributed by atoms with E-state index >= 15 is 0 Å². The fourth-order valence-corrected chi connectivity index (χ4v) is 4.17. The second kappa shape index (κ2) is 5.41. The molecule has 2 aliphatic rings. The SMILES string of the molecule is CC(C)(C)C1CCC(O)CC1N1CCSCC1=O. The van der Waals surface area contributed by atoms with Crippen LogP contribution in [0.5, 0.6) is 0 Å². The number of nitrogens with zero attached hydrogens (tertiary/aromatic N) is 1. The lowest BCUT2D eigenvalue weighted by Gasteiger charge is -2.47. The monoisotopic (exact) mass is 271 g/mol. The van der Waals surface area contributed by atoms with Crippen LogP contribution < -0.4 is 0 Å². The van der Waals surface area contributed by atoms with E-state index in [-0.39, 0.29) is 23.5 Å². The second-order valence-electron chi connectivity index (χ2n) is 6.65. The molecule has 104 valence electrons. The van der Waals surface area contributed by atoms with Crippen molar-refractivity contribution in [1.29, 1.82) is 0 Å². The van der Waals surface area contributed by atoms with Gasteiger partial charge in [-0.3, -0.25) is 4.79 Å². The molecule has 0 aromatic heterocycles. The third kappa shape index (κ3) is 3.02. The topological polar surface area (TPSA) is 40.5 Å². The first-order valence-electron chi connectivity index (χ1n) is 6.95. The van der Waals surface area contributed by atoms with E-state index in [1.165, 1.54) is 0 Å². The van der Waals surface area contributed by atoms with E-state index in [1.54, 1.807) is 11.8 Å². The maximum atomic E-state index is 12.1. The van der Waals surface area contributed by atoms with Crippen molar-refractivity contribution in [3.63, 3.8) is 0 Å². The molecule has 2 fully saturated rings. The van der Waals surface area contributed by atoms with Gasteiger partial charge < -0.3 is 10.0 Å². The van der Waals surface area contributed by atoms with E-state index in [4.69, 9.17) is 0 Å². The zero-order valence-corrected chi connectivity index (χ0v) is 12.5. The summed E-state index contributed by atoms with van der Waals surface area (Å²) >= 11 is 1.73. The third-order valence-electron chi connectivity index (χ3n) is 4.32. The van der Waals surface area contributed by atoms with Gasteiger partial charge in [0.2, 0.25) is 5.91 Å². The number of thioether (sulfide) groups is 1. The molecule has 0 radical (unpaired) electrons. The molecule has 1 amide bonds. The summed E-state index contributed by atoms with van der Waals surface area (Å²) in [5, 5.41) is 9.94. The number of carbonyl (C=O) groups excluding carboxylic acids is 1. The van der Waals surface area contributed by atoms with E-state index in [9.17, 15) is 9.90 Å². The highest BCUT2D eigenvalue weighted by molar-refractivity contribution is 8.00. The molecule has 2 rings (SSSR count). The van der Waals surface area contributed by atoms with E-state index < -0.39 is 0 Å². The molecule has 0 bridgehead atoms. The maximum Gasteiger partial charge on any atom is 0.232 e. The Kier molecular flexibility index (Phi) is 4.27. The van der Waals surface area contributed by atoms with Crippen LogP contribution in [-0.2, 0) is 4.79 Å². The summed E-state index contributed by atoms with van der Waals surface area (Å²) in [6.45, 7) is 7.62.